The average Bonchev–Trinajstić information content (AvgIpc) is 1.62. The van der Waals surface area contributed by atoms with E-state index in [4.69, 9.17) is 9.47 Å². The van der Waals surface area contributed by atoms with Crippen LogP contribution in [0, 0.1) is 52.1 Å². The molecule has 8 aromatic rings. The summed E-state index contributed by atoms with van der Waals surface area (Å²) in [5.74, 6) is -2.76. The molecule has 0 unspecified atom stereocenters. The lowest BCUT2D eigenvalue weighted by Crippen LogP contribution is -2.45. The van der Waals surface area contributed by atoms with E-state index in [-0.39, 0.29) is 71.7 Å². The maximum Gasteiger partial charge on any atom is 0.407 e. The Bertz CT molecular complexity index is 3990. The third kappa shape index (κ3) is 18.6. The molecule has 0 saturated heterocycles. The van der Waals surface area contributed by atoms with Gasteiger partial charge in [0.05, 0.1) is 54.8 Å². The number of nitrogens with zero attached hydrogens (tertiary/aromatic N) is 8. The molecule has 4 N–H and O–H groups in total. The highest BCUT2D eigenvalue weighted by molar-refractivity contribution is 5.97. The van der Waals surface area contributed by atoms with Crippen LogP contribution < -0.4 is 21.3 Å². The minimum absolute atomic E-state index is 0.0191. The first kappa shape index (κ1) is 68.7. The Labute approximate surface area is 526 Å². The van der Waals surface area contributed by atoms with E-state index < -0.39 is 78.6 Å². The SMILES string of the molecule is CCCC[C@@H](CNC(=O)c1nc2cc(-c3ccc([N+](=O)[O-])cc3)ccc2n1Cc1cc([N+](=O)[O-])ccc1F)NC(=O)OC(C)(C)C.CCCC[C@@H](CNC(=O)c1nc2ccc(-c3ccc([N+](=O)[O-])cc3)cc2n1Cc1cc([N+](=O)[O-])ccc1F)NC(=O)OC(C)(C)C. The normalized spacial score (nSPS) is 12.0. The second-order valence-corrected chi connectivity index (χ2v) is 23.5. The quantitative estimate of drug-likeness (QED) is 0.0322. The van der Waals surface area contributed by atoms with Gasteiger partial charge in [0.1, 0.15) is 22.8 Å². The number of hydrogen-bond acceptors (Lipinski definition) is 16. The number of ether oxygens (including phenoxy) is 2. The zero-order chi connectivity index (χ0) is 67.2. The number of nitro benzene ring substituents is 4. The third-order valence-corrected chi connectivity index (χ3v) is 14.1. The Balaban J connectivity index is 0.000000261. The lowest BCUT2D eigenvalue weighted by molar-refractivity contribution is -0.385. The molecule has 0 bridgehead atoms. The average molecular weight is 1270 g/mol. The molecule has 0 spiro atoms. The molecule has 0 aliphatic heterocycles. The van der Waals surface area contributed by atoms with E-state index in [0.717, 1.165) is 62.1 Å². The van der Waals surface area contributed by atoms with Gasteiger partial charge in [-0.2, -0.15) is 0 Å². The predicted molar refractivity (Wildman–Crippen MR) is 338 cm³/mol. The summed E-state index contributed by atoms with van der Waals surface area (Å²) in [5, 5.41) is 56.2. The minimum Gasteiger partial charge on any atom is -0.444 e. The number of hydrogen-bond donors (Lipinski definition) is 4. The van der Waals surface area contributed by atoms with E-state index in [2.05, 4.69) is 31.2 Å². The van der Waals surface area contributed by atoms with Crippen molar-refractivity contribution in [2.24, 2.45) is 0 Å². The number of carbonyl (C=O) groups is 4. The zero-order valence-electron chi connectivity index (χ0n) is 51.8. The van der Waals surface area contributed by atoms with Crippen molar-refractivity contribution >= 4 is 68.8 Å². The molecule has 28 heteroatoms. The third-order valence-electron chi connectivity index (χ3n) is 14.1. The van der Waals surface area contributed by atoms with Crippen LogP contribution in [0.4, 0.5) is 41.1 Å². The summed E-state index contributed by atoms with van der Waals surface area (Å²) in [6, 6.07) is 27.5. The molecule has 0 saturated carbocycles. The van der Waals surface area contributed by atoms with Crippen molar-refractivity contribution in [2.75, 3.05) is 13.1 Å². The number of carbonyl (C=O) groups excluding carboxylic acids is 4. The zero-order valence-corrected chi connectivity index (χ0v) is 51.8. The second-order valence-electron chi connectivity index (χ2n) is 23.5. The highest BCUT2D eigenvalue weighted by atomic mass is 19.1. The fourth-order valence-corrected chi connectivity index (χ4v) is 9.65. The minimum atomic E-state index is -0.706. The molecule has 4 amide bonds. The number of nitrogens with one attached hydrogen (secondary N) is 4. The van der Waals surface area contributed by atoms with E-state index in [9.17, 15) is 68.4 Å². The fourth-order valence-electron chi connectivity index (χ4n) is 9.65. The molecule has 0 aliphatic carbocycles. The summed E-state index contributed by atoms with van der Waals surface area (Å²) in [7, 11) is 0. The number of fused-ring (bicyclic) bond motifs is 2. The first-order valence-electron chi connectivity index (χ1n) is 29.4. The number of benzene rings is 6. The maximum atomic E-state index is 15.0. The van der Waals surface area contributed by atoms with E-state index in [1.807, 2.05) is 13.8 Å². The van der Waals surface area contributed by atoms with Crippen LogP contribution in [0.15, 0.2) is 121 Å². The van der Waals surface area contributed by atoms with Crippen LogP contribution in [0.25, 0.3) is 44.3 Å². The Kier molecular flexibility index (Phi) is 22.5. The van der Waals surface area contributed by atoms with Crippen molar-refractivity contribution in [1.29, 1.82) is 0 Å². The molecule has 2 atom stereocenters. The van der Waals surface area contributed by atoms with Crippen molar-refractivity contribution < 1.29 is 57.1 Å². The molecule has 0 aliphatic rings. The van der Waals surface area contributed by atoms with Gasteiger partial charge in [0.2, 0.25) is 0 Å². The van der Waals surface area contributed by atoms with Crippen LogP contribution in [0.3, 0.4) is 0 Å². The van der Waals surface area contributed by atoms with E-state index in [1.54, 1.807) is 102 Å². The molecular weight excluding hydrogens is 1200 g/mol. The van der Waals surface area contributed by atoms with Crippen LogP contribution in [0.1, 0.15) is 126 Å². The van der Waals surface area contributed by atoms with Gasteiger partial charge in [0.15, 0.2) is 11.6 Å². The molecule has 0 fully saturated rings. The van der Waals surface area contributed by atoms with E-state index in [1.165, 1.54) is 33.4 Å². The Morgan fingerprint density at radius 2 is 0.859 bits per heavy atom. The molecule has 484 valence electrons. The largest absolute Gasteiger partial charge is 0.444 e. The lowest BCUT2D eigenvalue weighted by Gasteiger charge is -2.24. The highest BCUT2D eigenvalue weighted by Crippen LogP contribution is 2.31. The predicted octanol–water partition coefficient (Wildman–Crippen LogP) is 13.0. The van der Waals surface area contributed by atoms with Crippen LogP contribution in [-0.2, 0) is 22.6 Å². The monoisotopic (exact) mass is 1270 g/mol. The number of alkyl carbamates (subject to hydrolysis) is 2. The number of unbranched alkanes of at least 4 members (excludes halogenated alkanes) is 2. The maximum absolute atomic E-state index is 15.0. The van der Waals surface area contributed by atoms with Gasteiger partial charge in [-0.1, -0.05) is 51.7 Å². The summed E-state index contributed by atoms with van der Waals surface area (Å²) in [6.45, 7) is 14.1. The summed E-state index contributed by atoms with van der Waals surface area (Å²) in [5.41, 5.74) is 2.08. The number of amides is 4. The second kappa shape index (κ2) is 30.1. The Morgan fingerprint density at radius 1 is 0.489 bits per heavy atom. The molecule has 2 aromatic heterocycles. The number of rotatable bonds is 24. The number of nitro groups is 4. The number of non-ortho nitro benzene ring substituents is 4. The highest BCUT2D eigenvalue weighted by Gasteiger charge is 2.27. The summed E-state index contributed by atoms with van der Waals surface area (Å²) in [6.07, 6.45) is 3.21. The van der Waals surface area contributed by atoms with Gasteiger partial charge in [-0.05, 0) is 137 Å². The van der Waals surface area contributed by atoms with Crippen molar-refractivity contribution in [1.82, 2.24) is 40.4 Å². The number of halogens is 2. The molecule has 2 heterocycles. The molecule has 6 aromatic carbocycles. The smallest absolute Gasteiger partial charge is 0.407 e. The fraction of sp³-hybridized carbons (Fsp3) is 0.344. The lowest BCUT2D eigenvalue weighted by atomic mass is 10.0. The van der Waals surface area contributed by atoms with Gasteiger partial charge in [-0.25, -0.2) is 28.3 Å². The van der Waals surface area contributed by atoms with Gasteiger partial charge < -0.3 is 39.9 Å². The number of aromatic nitrogens is 4. The molecule has 26 nitrogen and oxygen atoms in total. The van der Waals surface area contributed by atoms with Gasteiger partial charge in [-0.3, -0.25) is 50.0 Å². The van der Waals surface area contributed by atoms with Crippen molar-refractivity contribution in [3.8, 4) is 22.3 Å². The standard InChI is InChI=1S/2C32H35FN6O7/c1-5-6-7-23(35-31(41)46-32(2,3)4)18-34-30(40)29-36-27-17-21(20-8-11-24(12-9-20)38(42)43)10-15-28(27)37(29)19-22-16-25(39(44)45)13-14-26(22)33;1-5-6-7-23(35-31(41)46-32(2,3)4)18-34-30(40)29-36-27-15-10-21(20-8-11-24(12-9-20)38(42)43)17-28(27)37(29)19-22-16-25(39(44)45)13-14-26(22)33/h2*8-17,23H,5-7,18-19H2,1-4H3,(H,34,40)(H,35,41)/t2*23-/m00/s1. The summed E-state index contributed by atoms with van der Waals surface area (Å²) < 4.78 is 43.5. The topological polar surface area (TPSA) is 343 Å². The van der Waals surface area contributed by atoms with Crippen LogP contribution in [0.2, 0.25) is 0 Å². The summed E-state index contributed by atoms with van der Waals surface area (Å²) >= 11 is 0. The van der Waals surface area contributed by atoms with E-state index in [0.29, 0.717) is 57.2 Å². The molecule has 0 radical (unpaired) electrons. The van der Waals surface area contributed by atoms with E-state index >= 15 is 0 Å². The molecular formula is C64H70F2N12O14. The van der Waals surface area contributed by atoms with Gasteiger partial charge >= 0.3 is 12.2 Å². The summed E-state index contributed by atoms with van der Waals surface area (Å²) in [4.78, 5) is 104. The van der Waals surface area contributed by atoms with Gasteiger partial charge in [0, 0.05) is 84.8 Å². The van der Waals surface area contributed by atoms with Crippen LogP contribution in [0.5, 0.6) is 0 Å². The van der Waals surface area contributed by atoms with Crippen molar-refractivity contribution in [3.63, 3.8) is 0 Å². The molecule has 92 heavy (non-hydrogen) atoms. The van der Waals surface area contributed by atoms with Gasteiger partial charge in [0.25, 0.3) is 34.6 Å². The van der Waals surface area contributed by atoms with Crippen LogP contribution >= 0.6 is 0 Å². The number of imidazole rings is 2. The van der Waals surface area contributed by atoms with Crippen molar-refractivity contribution in [3.05, 3.63) is 196 Å². The first-order chi connectivity index (χ1) is 43.5. The first-order valence-corrected chi connectivity index (χ1v) is 29.4. The Hall–Kier alpha value is -10.8. The molecule has 8 rings (SSSR count). The Morgan fingerprint density at radius 3 is 1.26 bits per heavy atom. The van der Waals surface area contributed by atoms with Gasteiger partial charge in [-0.15, -0.1) is 0 Å². The van der Waals surface area contributed by atoms with Crippen molar-refractivity contribution in [2.45, 2.75) is 130 Å². The van der Waals surface area contributed by atoms with Crippen LogP contribution in [-0.4, -0.2) is 99.2 Å².